The zero-order chi connectivity index (χ0) is 20.0. The van der Waals surface area contributed by atoms with Gasteiger partial charge in [-0.25, -0.2) is 9.59 Å². The van der Waals surface area contributed by atoms with E-state index in [1.807, 2.05) is 19.2 Å². The lowest BCUT2D eigenvalue weighted by atomic mass is 9.70. The molecule has 1 aliphatic rings. The second kappa shape index (κ2) is 9.22. The summed E-state index contributed by atoms with van der Waals surface area (Å²) < 4.78 is 0. The number of allylic oxidation sites excluding steroid dienone is 2. The van der Waals surface area contributed by atoms with Crippen LogP contribution in [0.2, 0.25) is 0 Å². The Morgan fingerprint density at radius 3 is 2.41 bits per heavy atom. The highest BCUT2D eigenvalue weighted by molar-refractivity contribution is 7.10. The van der Waals surface area contributed by atoms with Crippen molar-refractivity contribution in [3.05, 3.63) is 44.9 Å². The summed E-state index contributed by atoms with van der Waals surface area (Å²) in [4.78, 5) is 24.6. The van der Waals surface area contributed by atoms with Gasteiger partial charge >= 0.3 is 11.9 Å². The number of dihydropyridines is 1. The lowest BCUT2D eigenvalue weighted by Gasteiger charge is -2.37. The van der Waals surface area contributed by atoms with Gasteiger partial charge in [-0.15, -0.1) is 11.3 Å². The number of unbranched alkanes of at least 4 members (excludes halogenated alkanes) is 3. The van der Waals surface area contributed by atoms with Crippen LogP contribution in [-0.4, -0.2) is 22.2 Å². The predicted molar refractivity (Wildman–Crippen MR) is 108 cm³/mol. The number of carboxylic acid groups (broad SMARTS) is 2. The Balaban J connectivity index is 2.57. The van der Waals surface area contributed by atoms with Crippen molar-refractivity contribution in [3.63, 3.8) is 0 Å². The fourth-order valence-electron chi connectivity index (χ4n) is 3.94. The van der Waals surface area contributed by atoms with Crippen LogP contribution in [0.15, 0.2) is 34.5 Å². The van der Waals surface area contributed by atoms with E-state index in [2.05, 4.69) is 18.3 Å². The van der Waals surface area contributed by atoms with Gasteiger partial charge in [0.2, 0.25) is 0 Å². The molecule has 2 rings (SSSR count). The van der Waals surface area contributed by atoms with Gasteiger partial charge in [-0.2, -0.15) is 0 Å². The predicted octanol–water partition coefficient (Wildman–Crippen LogP) is 4.84. The molecule has 148 valence electrons. The maximum absolute atomic E-state index is 11.9. The first-order valence-electron chi connectivity index (χ1n) is 9.68. The number of hydrogen-bond acceptors (Lipinski definition) is 4. The van der Waals surface area contributed by atoms with Gasteiger partial charge in [0.25, 0.3) is 0 Å². The van der Waals surface area contributed by atoms with E-state index < -0.39 is 17.4 Å². The molecule has 3 N–H and O–H groups in total. The minimum absolute atomic E-state index is 0.00424. The molecule has 5 nitrogen and oxygen atoms in total. The van der Waals surface area contributed by atoms with Crippen LogP contribution in [0.5, 0.6) is 0 Å². The van der Waals surface area contributed by atoms with Crippen LogP contribution in [0.1, 0.15) is 69.7 Å². The first kappa shape index (κ1) is 21.2. The highest BCUT2D eigenvalue weighted by Gasteiger charge is 2.42. The topological polar surface area (TPSA) is 86.6 Å². The Bertz CT molecular complexity index is 762. The minimum atomic E-state index is -1.14. The molecule has 0 spiro atoms. The largest absolute Gasteiger partial charge is 0.477 e. The molecule has 0 amide bonds. The van der Waals surface area contributed by atoms with Gasteiger partial charge in [0.05, 0.1) is 0 Å². The van der Waals surface area contributed by atoms with Gasteiger partial charge in [0, 0.05) is 10.3 Å². The van der Waals surface area contributed by atoms with Crippen molar-refractivity contribution < 1.29 is 19.8 Å². The van der Waals surface area contributed by atoms with Crippen LogP contribution in [0.4, 0.5) is 0 Å². The van der Waals surface area contributed by atoms with Crippen molar-refractivity contribution in [2.24, 2.45) is 0 Å². The average Bonchev–Trinajstić information content (AvgIpc) is 3.12. The summed E-state index contributed by atoms with van der Waals surface area (Å²) in [5.41, 5.74) is 1.22. The van der Waals surface area contributed by atoms with E-state index in [4.69, 9.17) is 0 Å². The number of carboxylic acids is 2. The zero-order valence-electron chi connectivity index (χ0n) is 16.3. The number of hydrogen-bond donors (Lipinski definition) is 3. The quantitative estimate of drug-likeness (QED) is 0.497. The van der Waals surface area contributed by atoms with Crippen molar-refractivity contribution in [2.75, 3.05) is 0 Å². The monoisotopic (exact) mass is 391 g/mol. The Hall–Kier alpha value is -2.08. The summed E-state index contributed by atoms with van der Waals surface area (Å²) >= 11 is 1.60. The third-order valence-electron chi connectivity index (χ3n) is 5.30. The molecule has 1 atom stereocenters. The van der Waals surface area contributed by atoms with Crippen molar-refractivity contribution in [1.29, 1.82) is 0 Å². The number of aliphatic carboxylic acids is 2. The number of rotatable bonds is 10. The van der Waals surface area contributed by atoms with E-state index >= 15 is 0 Å². The summed E-state index contributed by atoms with van der Waals surface area (Å²) in [5, 5.41) is 23.9. The van der Waals surface area contributed by atoms with E-state index in [-0.39, 0.29) is 11.4 Å². The summed E-state index contributed by atoms with van der Waals surface area (Å²) in [6, 6.07) is 2.10. The summed E-state index contributed by atoms with van der Waals surface area (Å²) in [6.45, 7) is 6.11. The number of aryl methyl sites for hydroxylation is 1. The number of carbonyl (C=O) groups is 2. The molecular weight excluding hydrogens is 362 g/mol. The molecule has 0 radical (unpaired) electrons. The fourth-order valence-corrected chi connectivity index (χ4v) is 5.16. The Kier molecular flexibility index (Phi) is 7.25. The third kappa shape index (κ3) is 4.26. The molecule has 6 heteroatoms. The zero-order valence-corrected chi connectivity index (χ0v) is 17.1. The van der Waals surface area contributed by atoms with Gasteiger partial charge in [0.15, 0.2) is 0 Å². The number of thiophene rings is 1. The molecule has 0 fully saturated rings. The van der Waals surface area contributed by atoms with Crippen molar-refractivity contribution in [3.8, 4) is 0 Å². The van der Waals surface area contributed by atoms with E-state index in [1.54, 1.807) is 17.4 Å². The summed E-state index contributed by atoms with van der Waals surface area (Å²) in [6.07, 6.45) is 8.45. The molecule has 0 aromatic carbocycles. The molecular formula is C21H29NO4S. The van der Waals surface area contributed by atoms with E-state index in [0.29, 0.717) is 12.8 Å². The van der Waals surface area contributed by atoms with Crippen LogP contribution in [0.3, 0.4) is 0 Å². The SMILES string of the molecule is CCCCCCc1ccsc1C1(CC)C=C(C(=O)O)NC(C(=O)O)=C1CC. The average molecular weight is 392 g/mol. The molecule has 2 heterocycles. The highest BCUT2D eigenvalue weighted by Crippen LogP contribution is 2.47. The van der Waals surface area contributed by atoms with E-state index in [9.17, 15) is 19.8 Å². The minimum Gasteiger partial charge on any atom is -0.477 e. The van der Waals surface area contributed by atoms with Gasteiger partial charge in [-0.3, -0.25) is 0 Å². The molecule has 0 aliphatic carbocycles. The van der Waals surface area contributed by atoms with Crippen molar-refractivity contribution in [1.82, 2.24) is 5.32 Å². The normalized spacial score (nSPS) is 19.6. The third-order valence-corrected chi connectivity index (χ3v) is 6.43. The van der Waals surface area contributed by atoms with Crippen LogP contribution < -0.4 is 5.32 Å². The van der Waals surface area contributed by atoms with Crippen molar-refractivity contribution >= 4 is 23.3 Å². The van der Waals surface area contributed by atoms with Crippen LogP contribution in [-0.2, 0) is 21.4 Å². The van der Waals surface area contributed by atoms with Gasteiger partial charge in [-0.1, -0.05) is 40.0 Å². The fraction of sp³-hybridized carbons (Fsp3) is 0.524. The molecule has 1 unspecified atom stereocenters. The molecule has 0 saturated carbocycles. The maximum Gasteiger partial charge on any atom is 0.352 e. The Labute approximate surface area is 164 Å². The highest BCUT2D eigenvalue weighted by atomic mass is 32.1. The smallest absolute Gasteiger partial charge is 0.352 e. The van der Waals surface area contributed by atoms with E-state index in [1.165, 1.54) is 24.8 Å². The Morgan fingerprint density at radius 1 is 1.11 bits per heavy atom. The molecule has 1 aromatic heterocycles. The first-order chi connectivity index (χ1) is 12.9. The van der Waals surface area contributed by atoms with Crippen LogP contribution in [0, 0.1) is 0 Å². The first-order valence-corrected chi connectivity index (χ1v) is 10.6. The summed E-state index contributed by atoms with van der Waals surface area (Å²) in [5.74, 6) is -2.25. The molecule has 1 aliphatic heterocycles. The molecule has 0 saturated heterocycles. The number of nitrogens with one attached hydrogen (secondary N) is 1. The van der Waals surface area contributed by atoms with Crippen LogP contribution in [0.25, 0.3) is 0 Å². The molecule has 0 bridgehead atoms. The van der Waals surface area contributed by atoms with Crippen LogP contribution >= 0.6 is 11.3 Å². The maximum atomic E-state index is 11.9. The van der Waals surface area contributed by atoms with Crippen molar-refractivity contribution in [2.45, 2.75) is 71.1 Å². The lowest BCUT2D eigenvalue weighted by Crippen LogP contribution is -2.39. The molecule has 1 aromatic rings. The van der Waals surface area contributed by atoms with Gasteiger partial charge < -0.3 is 15.5 Å². The Morgan fingerprint density at radius 2 is 1.85 bits per heavy atom. The van der Waals surface area contributed by atoms with Gasteiger partial charge in [-0.05, 0) is 54.3 Å². The lowest BCUT2D eigenvalue weighted by molar-refractivity contribution is -0.133. The standard InChI is InChI=1S/C21H29NO4S/c1-4-7-8-9-10-14-11-12-27-18(14)21(6-3)13-16(19(23)24)22-17(20(25)26)15(21)5-2/h11-13,22H,4-10H2,1-3H3,(H,23,24)(H,25,26). The second-order valence-electron chi connectivity index (χ2n) is 6.91. The molecule has 27 heavy (non-hydrogen) atoms. The van der Waals surface area contributed by atoms with Gasteiger partial charge in [0.1, 0.15) is 11.4 Å². The second-order valence-corrected chi connectivity index (χ2v) is 7.83. The van der Waals surface area contributed by atoms with E-state index in [0.717, 1.165) is 23.3 Å². The summed E-state index contributed by atoms with van der Waals surface area (Å²) in [7, 11) is 0.